The Hall–Kier alpha value is -1.63. The molecule has 7 N–H and O–H groups in total. The van der Waals surface area contributed by atoms with Crippen molar-refractivity contribution in [3.63, 3.8) is 0 Å². The third-order valence-corrected chi connectivity index (χ3v) is 8.68. The summed E-state index contributed by atoms with van der Waals surface area (Å²) in [6.07, 6.45) is -7.99. The van der Waals surface area contributed by atoms with Gasteiger partial charge in [0.25, 0.3) is 5.82 Å². The summed E-state index contributed by atoms with van der Waals surface area (Å²) in [6.45, 7) is -1.57. The molecule has 6 heterocycles. The molecule has 4 aliphatic rings. The number of aliphatic hydroxyl groups excluding tert-OH is 3. The van der Waals surface area contributed by atoms with Crippen molar-refractivity contribution in [2.45, 2.75) is 49.1 Å². The highest BCUT2D eigenvalue weighted by Gasteiger charge is 2.50. The van der Waals surface area contributed by atoms with Gasteiger partial charge in [-0.3, -0.25) is 13.6 Å². The second-order valence-corrected chi connectivity index (χ2v) is 11.3. The zero-order valence-electron chi connectivity index (χ0n) is 18.5. The number of anilines is 1. The number of nitrogen functional groups attached to an aromatic ring is 1. The molecule has 0 saturated carbocycles. The number of nitrogens with two attached hydrogens (primary N) is 1. The van der Waals surface area contributed by atoms with Gasteiger partial charge in [-0.05, 0) is 0 Å². The summed E-state index contributed by atoms with van der Waals surface area (Å²) >= 11 is 0. The Kier molecular flexibility index (Phi) is 6.70. The van der Waals surface area contributed by atoms with Crippen molar-refractivity contribution < 1.29 is 66.4 Å². The predicted molar refractivity (Wildman–Crippen MR) is 111 cm³/mol. The second kappa shape index (κ2) is 9.28. The molecule has 0 aliphatic carbocycles. The van der Waals surface area contributed by atoms with Crippen molar-refractivity contribution in [2.75, 3.05) is 26.1 Å². The van der Waals surface area contributed by atoms with Gasteiger partial charge < -0.3 is 45.1 Å². The molecule has 2 aromatic rings. The Morgan fingerprint density at radius 3 is 2.33 bits per heavy atom. The van der Waals surface area contributed by atoms with Crippen molar-refractivity contribution in [3.8, 4) is 0 Å². The third-order valence-electron chi connectivity index (χ3n) is 6.07. The standard InChI is InChI=1S/C16H23N5O13P2/c1-29-12-10(23)7-3-31-36(27,28)34-35(25,26)30-2-6-9(22)11(24)15(32-6)20-5-19-14-8(13(20)17)18-4-21(14)16(12)33-7/h4-7,9-12,15-17,22-24H,2-3H2,1H3,(H2,25,26,27,28)/p+1/t6-,7-,9-,10-,11-,12-,15-,16-/m1/s1. The first-order valence-corrected chi connectivity index (χ1v) is 13.5. The Morgan fingerprint density at radius 2 is 1.69 bits per heavy atom. The van der Waals surface area contributed by atoms with Crippen molar-refractivity contribution in [3.05, 3.63) is 12.7 Å². The first-order chi connectivity index (χ1) is 16.9. The first kappa shape index (κ1) is 26.0. The maximum absolute atomic E-state index is 12.3. The van der Waals surface area contributed by atoms with Gasteiger partial charge in [0.2, 0.25) is 18.2 Å². The number of aliphatic hydroxyl groups is 3. The molecule has 4 aliphatic heterocycles. The van der Waals surface area contributed by atoms with Crippen LogP contribution in [0.2, 0.25) is 0 Å². The number of hydrogen-bond acceptors (Lipinski definition) is 14. The van der Waals surface area contributed by atoms with Gasteiger partial charge in [-0.1, -0.05) is 4.98 Å². The van der Waals surface area contributed by atoms with Crippen LogP contribution in [-0.4, -0.2) is 96.6 Å². The third kappa shape index (κ3) is 4.48. The molecule has 36 heavy (non-hydrogen) atoms. The van der Waals surface area contributed by atoms with Crippen LogP contribution in [0, 0.1) is 0 Å². The van der Waals surface area contributed by atoms with E-state index >= 15 is 0 Å². The number of phosphoric ester groups is 2. The van der Waals surface area contributed by atoms with E-state index in [-0.39, 0.29) is 17.0 Å². The van der Waals surface area contributed by atoms with Crippen LogP contribution in [0.25, 0.3) is 11.2 Å². The Balaban J connectivity index is 1.58. The van der Waals surface area contributed by atoms with E-state index in [4.69, 9.17) is 24.5 Å². The first-order valence-electron chi connectivity index (χ1n) is 10.5. The molecular weight excluding hydrogens is 532 g/mol. The summed E-state index contributed by atoms with van der Waals surface area (Å²) in [7, 11) is -9.13. The fourth-order valence-electron chi connectivity index (χ4n) is 4.30. The van der Waals surface area contributed by atoms with Gasteiger partial charge in [0.1, 0.15) is 43.0 Å². The van der Waals surface area contributed by atoms with Gasteiger partial charge >= 0.3 is 15.6 Å². The molecular formula is C16H24N5O13P2+. The van der Waals surface area contributed by atoms with Crippen LogP contribution in [0.4, 0.5) is 5.82 Å². The van der Waals surface area contributed by atoms with Crippen molar-refractivity contribution >= 4 is 32.6 Å². The Labute approximate surface area is 201 Å². The predicted octanol–water partition coefficient (Wildman–Crippen LogP) is -2.54. The quantitative estimate of drug-likeness (QED) is 0.156. The van der Waals surface area contributed by atoms with Crippen molar-refractivity contribution in [1.29, 1.82) is 0 Å². The van der Waals surface area contributed by atoms with Crippen LogP contribution in [0.1, 0.15) is 12.5 Å². The van der Waals surface area contributed by atoms with E-state index in [1.807, 2.05) is 0 Å². The highest BCUT2D eigenvalue weighted by atomic mass is 31.3. The number of hydrogen-bond donors (Lipinski definition) is 6. The van der Waals surface area contributed by atoms with Gasteiger partial charge in [0.15, 0.2) is 11.7 Å². The topological polar surface area (TPSA) is 251 Å². The minimum atomic E-state index is -5.23. The minimum Gasteiger partial charge on any atom is -0.387 e. The lowest BCUT2D eigenvalue weighted by atomic mass is 10.1. The van der Waals surface area contributed by atoms with E-state index in [9.17, 15) is 34.2 Å². The molecule has 20 heteroatoms. The summed E-state index contributed by atoms with van der Waals surface area (Å²) in [5, 5.41) is 31.5. The average Bonchev–Trinajstić information content (AvgIpc) is 3.45. The van der Waals surface area contributed by atoms with Crippen LogP contribution in [0.3, 0.4) is 0 Å². The van der Waals surface area contributed by atoms with Crippen LogP contribution in [-0.2, 0) is 36.7 Å². The van der Waals surface area contributed by atoms with Gasteiger partial charge in [0, 0.05) is 7.11 Å². The van der Waals surface area contributed by atoms with Gasteiger partial charge in [0.05, 0.1) is 13.2 Å². The maximum Gasteiger partial charge on any atom is 0.481 e. The summed E-state index contributed by atoms with van der Waals surface area (Å²) in [5.74, 6) is -0.0116. The summed E-state index contributed by atoms with van der Waals surface area (Å²) in [5.41, 5.74) is 6.62. The molecule has 2 unspecified atom stereocenters. The highest BCUT2D eigenvalue weighted by molar-refractivity contribution is 7.61. The van der Waals surface area contributed by atoms with E-state index in [0.29, 0.717) is 0 Å². The second-order valence-electron chi connectivity index (χ2n) is 8.27. The molecule has 10 atom stereocenters. The highest BCUT2D eigenvalue weighted by Crippen LogP contribution is 2.60. The molecule has 200 valence electrons. The van der Waals surface area contributed by atoms with Gasteiger partial charge in [-0.15, -0.1) is 0 Å². The van der Waals surface area contributed by atoms with E-state index in [0.717, 1.165) is 0 Å². The molecule has 18 nitrogen and oxygen atoms in total. The largest absolute Gasteiger partial charge is 0.481 e. The van der Waals surface area contributed by atoms with Crippen LogP contribution in [0.15, 0.2) is 12.7 Å². The lowest BCUT2D eigenvalue weighted by Crippen LogP contribution is -2.48. The molecule has 0 spiro atoms. The number of phosphoric acid groups is 2. The van der Waals surface area contributed by atoms with E-state index in [1.54, 1.807) is 0 Å². The molecule has 0 amide bonds. The Morgan fingerprint density at radius 1 is 1.06 bits per heavy atom. The molecule has 6 rings (SSSR count). The van der Waals surface area contributed by atoms with E-state index < -0.39 is 77.9 Å². The smallest absolute Gasteiger partial charge is 0.387 e. The number of imidazole rings is 1. The molecule has 0 radical (unpaired) electrons. The summed E-state index contributed by atoms with van der Waals surface area (Å²) in [6, 6.07) is 0. The number of nitrogens with zero attached hydrogens (tertiary/aromatic N) is 4. The molecule has 2 fully saturated rings. The number of rotatable bonds is 1. The average molecular weight is 556 g/mol. The number of fused-ring (bicyclic) bond motifs is 7. The molecule has 8 bridgehead atoms. The minimum absolute atomic E-state index is 0.0116. The number of ether oxygens (including phenoxy) is 3. The molecule has 2 saturated heterocycles. The summed E-state index contributed by atoms with van der Waals surface area (Å²) < 4.78 is 57.5. The zero-order chi connectivity index (χ0) is 26.0. The van der Waals surface area contributed by atoms with Gasteiger partial charge in [-0.25, -0.2) is 18.7 Å². The lowest BCUT2D eigenvalue weighted by Gasteiger charge is -2.20. The van der Waals surface area contributed by atoms with Crippen molar-refractivity contribution in [2.24, 2.45) is 0 Å². The van der Waals surface area contributed by atoms with E-state index in [1.165, 1.54) is 28.9 Å². The lowest BCUT2D eigenvalue weighted by molar-refractivity contribution is -0.755. The fourth-order valence-corrected chi connectivity index (χ4v) is 6.39. The number of methoxy groups -OCH3 is 1. The maximum atomic E-state index is 12.3. The summed E-state index contributed by atoms with van der Waals surface area (Å²) in [4.78, 5) is 28.3. The van der Waals surface area contributed by atoms with Crippen LogP contribution in [0.5, 0.6) is 0 Å². The van der Waals surface area contributed by atoms with Crippen LogP contribution < -0.4 is 10.3 Å². The zero-order valence-corrected chi connectivity index (χ0v) is 20.2. The number of aromatic nitrogens is 4. The van der Waals surface area contributed by atoms with Crippen LogP contribution >= 0.6 is 15.6 Å². The van der Waals surface area contributed by atoms with Gasteiger partial charge in [-0.2, -0.15) is 4.31 Å². The van der Waals surface area contributed by atoms with E-state index in [2.05, 4.69) is 18.8 Å². The monoisotopic (exact) mass is 556 g/mol. The van der Waals surface area contributed by atoms with Crippen molar-refractivity contribution in [1.82, 2.24) is 14.5 Å². The fraction of sp³-hybridized carbons (Fsp3) is 0.688. The SMILES string of the molecule is CO[C@@H]1[C@H](O)[C@H]2COP(=O)(O)OP(=O)(O)OC[C@H]3O[C@H]([C@H](O)[C@@H]3O)[n+]3cnc4c(ncn4[C@@H]1O2)c3N. The normalized spacial score (nSPS) is 43.7. The molecule has 2 aromatic heterocycles. The molecule has 0 aromatic carbocycles. The Bertz CT molecular complexity index is 1250.